The number of carbonyl (C=O) groups is 1. The zero-order valence-electron chi connectivity index (χ0n) is 15.7. The van der Waals surface area contributed by atoms with Crippen molar-refractivity contribution in [2.45, 2.75) is 32.7 Å². The highest BCUT2D eigenvalue weighted by atomic mass is 16.1. The lowest BCUT2D eigenvalue weighted by Crippen LogP contribution is -2.34. The Morgan fingerprint density at radius 3 is 2.58 bits per heavy atom. The van der Waals surface area contributed by atoms with E-state index < -0.39 is 0 Å². The Morgan fingerprint density at radius 1 is 1.15 bits per heavy atom. The summed E-state index contributed by atoms with van der Waals surface area (Å²) in [7, 11) is 0. The van der Waals surface area contributed by atoms with Crippen molar-refractivity contribution >= 4 is 17.7 Å². The van der Waals surface area contributed by atoms with Gasteiger partial charge in [0.2, 0.25) is 5.91 Å². The number of benzene rings is 2. The van der Waals surface area contributed by atoms with Crippen LogP contribution in [0.2, 0.25) is 0 Å². The third kappa shape index (κ3) is 4.98. The third-order valence-electron chi connectivity index (χ3n) is 5.00. The summed E-state index contributed by atoms with van der Waals surface area (Å²) in [5, 5.41) is 3.03. The van der Waals surface area contributed by atoms with Gasteiger partial charge in [-0.1, -0.05) is 49.4 Å². The van der Waals surface area contributed by atoms with Crippen LogP contribution in [0.15, 0.2) is 60.7 Å². The molecule has 136 valence electrons. The molecule has 3 nitrogen and oxygen atoms in total. The number of piperidine rings is 1. The van der Waals surface area contributed by atoms with E-state index in [1.165, 1.54) is 18.5 Å². The summed E-state index contributed by atoms with van der Waals surface area (Å²) in [5.74, 6) is 0.688. The normalized spacial score (nSPS) is 18.7. The van der Waals surface area contributed by atoms with Crippen LogP contribution in [-0.4, -0.2) is 19.0 Å². The number of amides is 1. The van der Waals surface area contributed by atoms with E-state index >= 15 is 0 Å². The van der Waals surface area contributed by atoms with Gasteiger partial charge >= 0.3 is 0 Å². The molecule has 1 aliphatic rings. The molecule has 1 aliphatic heterocycles. The summed E-state index contributed by atoms with van der Waals surface area (Å²) in [6.45, 7) is 6.61. The van der Waals surface area contributed by atoms with Crippen LogP contribution in [-0.2, 0) is 4.79 Å². The molecule has 3 rings (SSSR count). The molecule has 1 N–H and O–H groups in total. The Bertz CT molecular complexity index is 737. The van der Waals surface area contributed by atoms with Crippen molar-refractivity contribution in [3.8, 4) is 0 Å². The van der Waals surface area contributed by atoms with Crippen LogP contribution in [0.3, 0.4) is 0 Å². The minimum Gasteiger partial charge on any atom is -0.371 e. The molecule has 26 heavy (non-hydrogen) atoms. The minimum absolute atomic E-state index is 0.0164. The van der Waals surface area contributed by atoms with Crippen molar-refractivity contribution in [1.82, 2.24) is 5.32 Å². The molecule has 0 saturated carbocycles. The Labute approximate surface area is 156 Å². The zero-order valence-corrected chi connectivity index (χ0v) is 15.7. The van der Waals surface area contributed by atoms with Gasteiger partial charge < -0.3 is 10.2 Å². The first kappa shape index (κ1) is 18.2. The molecule has 1 heterocycles. The van der Waals surface area contributed by atoms with Crippen molar-refractivity contribution in [2.75, 3.05) is 18.0 Å². The van der Waals surface area contributed by atoms with E-state index in [0.717, 1.165) is 30.1 Å². The first-order valence-electron chi connectivity index (χ1n) is 9.50. The highest BCUT2D eigenvalue weighted by Gasteiger charge is 2.17. The minimum atomic E-state index is -0.0738. The van der Waals surface area contributed by atoms with Gasteiger partial charge in [0.1, 0.15) is 0 Å². The average Bonchev–Trinajstić information content (AvgIpc) is 2.67. The van der Waals surface area contributed by atoms with Gasteiger partial charge in [-0.05, 0) is 55.0 Å². The lowest BCUT2D eigenvalue weighted by molar-refractivity contribution is -0.117. The maximum atomic E-state index is 12.1. The maximum Gasteiger partial charge on any atom is 0.244 e. The number of nitrogens with zero attached hydrogens (tertiary/aromatic N) is 1. The molecule has 2 aromatic carbocycles. The predicted molar refractivity (Wildman–Crippen MR) is 109 cm³/mol. The molecule has 2 aromatic rings. The second-order valence-corrected chi connectivity index (χ2v) is 7.26. The van der Waals surface area contributed by atoms with Crippen LogP contribution in [0.5, 0.6) is 0 Å². The second kappa shape index (κ2) is 8.70. The third-order valence-corrected chi connectivity index (χ3v) is 5.00. The maximum absolute atomic E-state index is 12.1. The highest BCUT2D eigenvalue weighted by molar-refractivity contribution is 5.91. The van der Waals surface area contributed by atoms with E-state index in [1.807, 2.05) is 43.3 Å². The largest absolute Gasteiger partial charge is 0.371 e. The molecule has 0 bridgehead atoms. The fourth-order valence-corrected chi connectivity index (χ4v) is 3.48. The molecule has 0 radical (unpaired) electrons. The molecule has 3 heteroatoms. The second-order valence-electron chi connectivity index (χ2n) is 7.26. The van der Waals surface area contributed by atoms with Gasteiger partial charge in [-0.25, -0.2) is 0 Å². The molecule has 2 atom stereocenters. The molecule has 1 amide bonds. The summed E-state index contributed by atoms with van der Waals surface area (Å²) < 4.78 is 0. The Balaban J connectivity index is 1.56. The van der Waals surface area contributed by atoms with Gasteiger partial charge in [0.15, 0.2) is 0 Å². The van der Waals surface area contributed by atoms with Crippen molar-refractivity contribution in [3.63, 3.8) is 0 Å². The van der Waals surface area contributed by atoms with Gasteiger partial charge in [-0.15, -0.1) is 0 Å². The van der Waals surface area contributed by atoms with E-state index in [1.54, 1.807) is 6.08 Å². The fourth-order valence-electron chi connectivity index (χ4n) is 3.48. The lowest BCUT2D eigenvalue weighted by Gasteiger charge is -2.33. The number of hydrogen-bond donors (Lipinski definition) is 1. The van der Waals surface area contributed by atoms with E-state index in [-0.39, 0.29) is 11.9 Å². The molecule has 0 unspecified atom stereocenters. The summed E-state index contributed by atoms with van der Waals surface area (Å²) in [4.78, 5) is 14.6. The first-order chi connectivity index (χ1) is 12.6. The van der Waals surface area contributed by atoms with Crippen LogP contribution in [0.4, 0.5) is 5.69 Å². The van der Waals surface area contributed by atoms with Gasteiger partial charge in [-0.2, -0.15) is 0 Å². The Morgan fingerprint density at radius 2 is 1.88 bits per heavy atom. The smallest absolute Gasteiger partial charge is 0.244 e. The Kier molecular flexibility index (Phi) is 6.11. The number of nitrogens with one attached hydrogen (secondary N) is 1. The van der Waals surface area contributed by atoms with Gasteiger partial charge in [0.25, 0.3) is 0 Å². The monoisotopic (exact) mass is 348 g/mol. The molecular weight excluding hydrogens is 320 g/mol. The molecule has 0 spiro atoms. The van der Waals surface area contributed by atoms with Gasteiger partial charge in [0, 0.05) is 24.9 Å². The summed E-state index contributed by atoms with van der Waals surface area (Å²) >= 11 is 0. The number of anilines is 1. The molecular formula is C23H28N2O. The van der Waals surface area contributed by atoms with Crippen LogP contribution in [0.1, 0.15) is 43.9 Å². The summed E-state index contributed by atoms with van der Waals surface area (Å²) in [5.41, 5.74) is 3.43. The number of rotatable bonds is 5. The van der Waals surface area contributed by atoms with Crippen molar-refractivity contribution in [3.05, 3.63) is 71.8 Å². The van der Waals surface area contributed by atoms with Crippen molar-refractivity contribution < 1.29 is 4.79 Å². The molecule has 1 saturated heterocycles. The first-order valence-corrected chi connectivity index (χ1v) is 9.50. The number of carbonyl (C=O) groups excluding carboxylic acids is 1. The van der Waals surface area contributed by atoms with E-state index in [0.29, 0.717) is 0 Å². The SMILES string of the molecule is C[C@@H]1CCCN(c2ccc([C@@H](C)NC(=O)/C=C/c3ccccc3)cc2)C1. The predicted octanol–water partition coefficient (Wildman–Crippen LogP) is 4.81. The van der Waals surface area contributed by atoms with Crippen LogP contribution < -0.4 is 10.2 Å². The quantitative estimate of drug-likeness (QED) is 0.786. The average molecular weight is 348 g/mol. The standard InChI is InChI=1S/C23H28N2O/c1-18-7-6-16-25(17-18)22-13-11-21(12-14-22)19(2)24-23(26)15-10-20-8-4-3-5-9-20/h3-5,8-15,18-19H,6-7,16-17H2,1-2H3,(H,24,26)/b15-10+/t18-,19-/m1/s1. The number of hydrogen-bond acceptors (Lipinski definition) is 2. The highest BCUT2D eigenvalue weighted by Crippen LogP contribution is 2.24. The fraction of sp³-hybridized carbons (Fsp3) is 0.348. The lowest BCUT2D eigenvalue weighted by atomic mass is 9.99. The molecule has 0 aromatic heterocycles. The topological polar surface area (TPSA) is 32.3 Å². The van der Waals surface area contributed by atoms with E-state index in [9.17, 15) is 4.79 Å². The Hall–Kier alpha value is -2.55. The molecule has 0 aliphatic carbocycles. The van der Waals surface area contributed by atoms with E-state index in [4.69, 9.17) is 0 Å². The zero-order chi connectivity index (χ0) is 18.4. The van der Waals surface area contributed by atoms with Gasteiger partial charge in [0.05, 0.1) is 6.04 Å². The van der Waals surface area contributed by atoms with Crippen LogP contribution in [0.25, 0.3) is 6.08 Å². The molecule has 1 fully saturated rings. The van der Waals surface area contributed by atoms with Gasteiger partial charge in [-0.3, -0.25) is 4.79 Å². The van der Waals surface area contributed by atoms with E-state index in [2.05, 4.69) is 41.4 Å². The summed E-state index contributed by atoms with van der Waals surface area (Å²) in [6.07, 6.45) is 6.02. The van der Waals surface area contributed by atoms with Crippen LogP contribution in [0, 0.1) is 5.92 Å². The summed E-state index contributed by atoms with van der Waals surface area (Å²) in [6, 6.07) is 18.4. The van der Waals surface area contributed by atoms with Crippen molar-refractivity contribution in [1.29, 1.82) is 0 Å². The van der Waals surface area contributed by atoms with Crippen LogP contribution >= 0.6 is 0 Å². The van der Waals surface area contributed by atoms with Crippen molar-refractivity contribution in [2.24, 2.45) is 5.92 Å².